The van der Waals surface area contributed by atoms with Crippen molar-refractivity contribution < 1.29 is 9.53 Å². The molecule has 0 bridgehead atoms. The van der Waals surface area contributed by atoms with Gasteiger partial charge in [-0.05, 0) is 42.9 Å². The zero-order valence-corrected chi connectivity index (χ0v) is 16.1. The molecule has 140 valence electrons. The average Bonchev–Trinajstić information content (AvgIpc) is 3.37. The van der Waals surface area contributed by atoms with E-state index in [0.29, 0.717) is 19.7 Å². The van der Waals surface area contributed by atoms with E-state index < -0.39 is 0 Å². The van der Waals surface area contributed by atoms with E-state index in [1.165, 1.54) is 36.4 Å². The van der Waals surface area contributed by atoms with Crippen LogP contribution in [0.5, 0.6) is 0 Å². The molecule has 1 atom stereocenters. The maximum Gasteiger partial charge on any atom is 0.219 e. The van der Waals surface area contributed by atoms with E-state index in [2.05, 4.69) is 25.9 Å². The number of morpholine rings is 1. The monoisotopic (exact) mass is 374 g/mol. The van der Waals surface area contributed by atoms with Crippen molar-refractivity contribution >= 4 is 17.2 Å². The van der Waals surface area contributed by atoms with Crippen molar-refractivity contribution in [3.8, 4) is 10.7 Å². The lowest BCUT2D eigenvalue weighted by atomic mass is 10.2. The molecule has 2 aliphatic heterocycles. The standard InChI is InChI=1S/C19H26N4O2S/c1-15(24)22-8-9-25-17(12-22)13-23-7-4-20-19(23)18-10-16(14-26-18)11-21-5-2-3-6-21/h4,7,10,14,17H,2-3,5-6,8-9,11-13H2,1H3/t17-/m1/s1. The minimum Gasteiger partial charge on any atom is -0.373 e. The lowest BCUT2D eigenvalue weighted by Crippen LogP contribution is -2.46. The second kappa shape index (κ2) is 7.90. The number of ether oxygens (including phenoxy) is 1. The van der Waals surface area contributed by atoms with Crippen LogP contribution >= 0.6 is 11.3 Å². The number of carbonyl (C=O) groups excluding carboxylic acids is 1. The van der Waals surface area contributed by atoms with Gasteiger partial charge in [-0.15, -0.1) is 11.3 Å². The first-order valence-corrected chi connectivity index (χ1v) is 10.3. The van der Waals surface area contributed by atoms with Gasteiger partial charge in [0.05, 0.1) is 24.1 Å². The van der Waals surface area contributed by atoms with Gasteiger partial charge in [-0.2, -0.15) is 0 Å². The quantitative estimate of drug-likeness (QED) is 0.807. The Morgan fingerprint density at radius 3 is 3.00 bits per heavy atom. The van der Waals surface area contributed by atoms with Crippen LogP contribution in [0.4, 0.5) is 0 Å². The first-order valence-electron chi connectivity index (χ1n) is 9.37. The van der Waals surface area contributed by atoms with Gasteiger partial charge in [-0.1, -0.05) is 0 Å². The molecular weight excluding hydrogens is 348 g/mol. The highest BCUT2D eigenvalue weighted by molar-refractivity contribution is 7.13. The highest BCUT2D eigenvalue weighted by Gasteiger charge is 2.23. The summed E-state index contributed by atoms with van der Waals surface area (Å²) >= 11 is 1.76. The summed E-state index contributed by atoms with van der Waals surface area (Å²) in [6, 6.07) is 2.27. The number of imidazole rings is 1. The van der Waals surface area contributed by atoms with Gasteiger partial charge in [0.15, 0.2) is 0 Å². The third-order valence-corrected chi connectivity index (χ3v) is 6.15. The Morgan fingerprint density at radius 2 is 2.19 bits per heavy atom. The lowest BCUT2D eigenvalue weighted by molar-refractivity contribution is -0.136. The van der Waals surface area contributed by atoms with E-state index in [9.17, 15) is 4.79 Å². The van der Waals surface area contributed by atoms with Crippen LogP contribution in [0.2, 0.25) is 0 Å². The predicted octanol–water partition coefficient (Wildman–Crippen LogP) is 2.45. The SMILES string of the molecule is CC(=O)N1CCO[C@@H](Cn2ccnc2-c2cc(CN3CCCC3)cs2)C1. The molecule has 4 heterocycles. The van der Waals surface area contributed by atoms with Crippen LogP contribution in [-0.4, -0.2) is 64.1 Å². The molecule has 1 amide bonds. The summed E-state index contributed by atoms with van der Waals surface area (Å²) in [7, 11) is 0. The number of hydrogen-bond donors (Lipinski definition) is 0. The van der Waals surface area contributed by atoms with E-state index in [4.69, 9.17) is 4.74 Å². The molecular formula is C19H26N4O2S. The first kappa shape index (κ1) is 17.7. The highest BCUT2D eigenvalue weighted by Crippen LogP contribution is 2.28. The fraction of sp³-hybridized carbons (Fsp3) is 0.579. The van der Waals surface area contributed by atoms with Crippen molar-refractivity contribution in [2.45, 2.75) is 39.0 Å². The van der Waals surface area contributed by atoms with Crippen LogP contribution in [0.25, 0.3) is 10.7 Å². The summed E-state index contributed by atoms with van der Waals surface area (Å²) in [6.07, 6.45) is 6.51. The molecule has 0 spiro atoms. The van der Waals surface area contributed by atoms with Crippen molar-refractivity contribution in [3.05, 3.63) is 29.4 Å². The van der Waals surface area contributed by atoms with Gasteiger partial charge in [-0.25, -0.2) is 4.98 Å². The molecule has 2 fully saturated rings. The third-order valence-electron chi connectivity index (χ3n) is 5.18. The summed E-state index contributed by atoms with van der Waals surface area (Å²) in [4.78, 5) is 21.8. The molecule has 0 aliphatic carbocycles. The molecule has 2 aliphatic rings. The van der Waals surface area contributed by atoms with Gasteiger partial charge in [0.25, 0.3) is 0 Å². The molecule has 0 unspecified atom stereocenters. The molecule has 0 saturated carbocycles. The maximum atomic E-state index is 11.6. The number of hydrogen-bond acceptors (Lipinski definition) is 5. The van der Waals surface area contributed by atoms with E-state index >= 15 is 0 Å². The average molecular weight is 375 g/mol. The summed E-state index contributed by atoms with van der Waals surface area (Å²) in [5, 5.41) is 2.25. The van der Waals surface area contributed by atoms with Crippen LogP contribution in [-0.2, 0) is 22.6 Å². The van der Waals surface area contributed by atoms with Crippen LogP contribution < -0.4 is 0 Å². The van der Waals surface area contributed by atoms with E-state index in [1.54, 1.807) is 18.3 Å². The predicted molar refractivity (Wildman–Crippen MR) is 102 cm³/mol. The molecule has 2 saturated heterocycles. The van der Waals surface area contributed by atoms with Crippen molar-refractivity contribution in [2.24, 2.45) is 0 Å². The molecule has 26 heavy (non-hydrogen) atoms. The third kappa shape index (κ3) is 4.00. The number of thiophene rings is 1. The lowest BCUT2D eigenvalue weighted by Gasteiger charge is -2.32. The van der Waals surface area contributed by atoms with Crippen molar-refractivity contribution in [3.63, 3.8) is 0 Å². The van der Waals surface area contributed by atoms with Crippen molar-refractivity contribution in [2.75, 3.05) is 32.8 Å². The highest BCUT2D eigenvalue weighted by atomic mass is 32.1. The molecule has 2 aromatic rings. The molecule has 0 radical (unpaired) electrons. The largest absolute Gasteiger partial charge is 0.373 e. The van der Waals surface area contributed by atoms with Gasteiger partial charge in [0, 0.05) is 39.0 Å². The van der Waals surface area contributed by atoms with E-state index in [0.717, 1.165) is 18.9 Å². The number of aromatic nitrogens is 2. The fourth-order valence-corrected chi connectivity index (χ4v) is 4.71. The Bertz CT molecular complexity index is 750. The Morgan fingerprint density at radius 1 is 1.35 bits per heavy atom. The zero-order chi connectivity index (χ0) is 17.9. The second-order valence-electron chi connectivity index (χ2n) is 7.16. The molecule has 2 aromatic heterocycles. The Labute approximate surface area is 158 Å². The van der Waals surface area contributed by atoms with Crippen molar-refractivity contribution in [1.82, 2.24) is 19.4 Å². The van der Waals surface area contributed by atoms with Gasteiger partial charge < -0.3 is 14.2 Å². The van der Waals surface area contributed by atoms with Gasteiger partial charge in [0.1, 0.15) is 5.82 Å². The first-order chi connectivity index (χ1) is 12.7. The molecule has 7 heteroatoms. The van der Waals surface area contributed by atoms with Crippen LogP contribution in [0.3, 0.4) is 0 Å². The van der Waals surface area contributed by atoms with Gasteiger partial charge in [0.2, 0.25) is 5.91 Å². The topological polar surface area (TPSA) is 50.6 Å². The van der Waals surface area contributed by atoms with E-state index in [-0.39, 0.29) is 12.0 Å². The number of carbonyl (C=O) groups is 1. The normalized spacial score (nSPS) is 21.4. The van der Waals surface area contributed by atoms with Crippen LogP contribution in [0, 0.1) is 0 Å². The summed E-state index contributed by atoms with van der Waals surface area (Å²) in [5.74, 6) is 1.11. The minimum atomic E-state index is 0.0182. The van der Waals surface area contributed by atoms with Crippen LogP contribution in [0.1, 0.15) is 25.3 Å². The summed E-state index contributed by atoms with van der Waals surface area (Å²) in [6.45, 7) is 7.75. The smallest absolute Gasteiger partial charge is 0.219 e. The van der Waals surface area contributed by atoms with Crippen molar-refractivity contribution in [1.29, 1.82) is 0 Å². The maximum absolute atomic E-state index is 11.6. The number of rotatable bonds is 5. The minimum absolute atomic E-state index is 0.0182. The Hall–Kier alpha value is -1.70. The second-order valence-corrected chi connectivity index (χ2v) is 8.07. The van der Waals surface area contributed by atoms with Crippen LogP contribution in [0.15, 0.2) is 23.8 Å². The molecule has 0 N–H and O–H groups in total. The zero-order valence-electron chi connectivity index (χ0n) is 15.3. The molecule has 4 rings (SSSR count). The molecule has 0 aromatic carbocycles. The number of nitrogens with zero attached hydrogens (tertiary/aromatic N) is 4. The number of likely N-dealkylation sites (tertiary alicyclic amines) is 1. The Balaban J connectivity index is 1.43. The van der Waals surface area contributed by atoms with Gasteiger partial charge >= 0.3 is 0 Å². The molecule has 6 nitrogen and oxygen atoms in total. The number of amides is 1. The fourth-order valence-electron chi connectivity index (χ4n) is 3.79. The summed E-state index contributed by atoms with van der Waals surface area (Å²) < 4.78 is 8.02. The van der Waals surface area contributed by atoms with Gasteiger partial charge in [-0.3, -0.25) is 9.69 Å². The summed E-state index contributed by atoms with van der Waals surface area (Å²) in [5.41, 5.74) is 1.37. The van der Waals surface area contributed by atoms with E-state index in [1.807, 2.05) is 17.3 Å². The Kier molecular flexibility index (Phi) is 5.38.